The second kappa shape index (κ2) is 3.86. The van der Waals surface area contributed by atoms with Crippen molar-refractivity contribution in [3.63, 3.8) is 0 Å². The van der Waals surface area contributed by atoms with Crippen molar-refractivity contribution < 1.29 is 14.6 Å². The third-order valence-electron chi connectivity index (χ3n) is 2.27. The average Bonchev–Trinajstić information content (AvgIpc) is 2.33. The first kappa shape index (κ1) is 10.5. The molecule has 0 radical (unpaired) electrons. The fourth-order valence-corrected chi connectivity index (χ4v) is 2.65. The van der Waals surface area contributed by atoms with Crippen LogP contribution in [0.3, 0.4) is 0 Å². The minimum absolute atomic E-state index is 0.314. The number of aromatic carboxylic acids is 1. The molecule has 1 aliphatic rings. The highest BCUT2D eigenvalue weighted by molar-refractivity contribution is 8.00. The number of hydrogen-bond donors (Lipinski definition) is 1. The number of ether oxygens (including phenoxy) is 1. The summed E-state index contributed by atoms with van der Waals surface area (Å²) in [6, 6.07) is 0. The molecule has 0 aromatic carbocycles. The van der Waals surface area contributed by atoms with E-state index in [9.17, 15) is 4.79 Å². The van der Waals surface area contributed by atoms with E-state index in [0.29, 0.717) is 34.7 Å². The van der Waals surface area contributed by atoms with E-state index >= 15 is 0 Å². The van der Waals surface area contributed by atoms with Crippen LogP contribution in [-0.2, 0) is 11.8 Å². The molecule has 1 saturated heterocycles. The Labute approximate surface area is 91.4 Å². The highest BCUT2D eigenvalue weighted by atomic mass is 32.2. The van der Waals surface area contributed by atoms with E-state index in [4.69, 9.17) is 9.84 Å². The second-order valence-electron chi connectivity index (χ2n) is 3.47. The quantitative estimate of drug-likeness (QED) is 0.833. The highest BCUT2D eigenvalue weighted by Crippen LogP contribution is 2.31. The van der Waals surface area contributed by atoms with Crippen LogP contribution >= 0.6 is 11.8 Å². The van der Waals surface area contributed by atoms with E-state index in [2.05, 4.69) is 5.10 Å². The number of carbonyl (C=O) groups is 1. The van der Waals surface area contributed by atoms with Gasteiger partial charge in [-0.1, -0.05) is 11.8 Å². The molecular formula is C9H12N2O3S. The number of aromatic nitrogens is 2. The van der Waals surface area contributed by atoms with E-state index in [0.717, 1.165) is 0 Å². The van der Waals surface area contributed by atoms with Gasteiger partial charge < -0.3 is 9.84 Å². The number of nitrogens with zero attached hydrogens (tertiary/aromatic N) is 2. The summed E-state index contributed by atoms with van der Waals surface area (Å²) in [5.41, 5.74) is 0.877. The Bertz CT molecular complexity index is 398. The topological polar surface area (TPSA) is 64.4 Å². The Kier molecular flexibility index (Phi) is 2.70. The standard InChI is InChI=1S/C9H12N2O3S/c1-5-7(9(12)13)8(11(2)10-5)15-6-3-14-4-6/h6H,3-4H2,1-2H3,(H,12,13). The average molecular weight is 228 g/mol. The molecule has 15 heavy (non-hydrogen) atoms. The Balaban J connectivity index is 2.30. The highest BCUT2D eigenvalue weighted by Gasteiger charge is 2.26. The lowest BCUT2D eigenvalue weighted by Gasteiger charge is -2.25. The van der Waals surface area contributed by atoms with E-state index in [1.165, 1.54) is 11.8 Å². The van der Waals surface area contributed by atoms with Crippen molar-refractivity contribution in [3.8, 4) is 0 Å². The third kappa shape index (κ3) is 1.87. The smallest absolute Gasteiger partial charge is 0.340 e. The minimum atomic E-state index is -0.914. The van der Waals surface area contributed by atoms with E-state index in [1.54, 1.807) is 18.7 Å². The Morgan fingerprint density at radius 3 is 2.80 bits per heavy atom. The lowest BCUT2D eigenvalue weighted by molar-refractivity contribution is 0.0453. The van der Waals surface area contributed by atoms with Crippen molar-refractivity contribution in [3.05, 3.63) is 11.3 Å². The maximum Gasteiger partial charge on any atom is 0.340 e. The molecule has 0 bridgehead atoms. The number of hydrogen-bond acceptors (Lipinski definition) is 4. The lowest BCUT2D eigenvalue weighted by Crippen LogP contribution is -2.30. The Morgan fingerprint density at radius 1 is 1.67 bits per heavy atom. The molecule has 0 atom stereocenters. The summed E-state index contributed by atoms with van der Waals surface area (Å²) in [6.07, 6.45) is 0. The van der Waals surface area contributed by atoms with Crippen LogP contribution in [0, 0.1) is 6.92 Å². The van der Waals surface area contributed by atoms with Gasteiger partial charge in [-0.05, 0) is 6.92 Å². The molecule has 1 aliphatic heterocycles. The van der Waals surface area contributed by atoms with Crippen LogP contribution in [0.2, 0.25) is 0 Å². The monoisotopic (exact) mass is 228 g/mol. The first-order valence-electron chi connectivity index (χ1n) is 4.61. The van der Waals surface area contributed by atoms with Crippen LogP contribution in [-0.4, -0.2) is 39.3 Å². The summed E-state index contributed by atoms with van der Waals surface area (Å²) in [6.45, 7) is 3.09. The molecule has 5 nitrogen and oxygen atoms in total. The molecule has 0 aliphatic carbocycles. The predicted molar refractivity (Wildman–Crippen MR) is 55.4 cm³/mol. The van der Waals surface area contributed by atoms with Gasteiger partial charge in [0.15, 0.2) is 0 Å². The van der Waals surface area contributed by atoms with Crippen molar-refractivity contribution in [2.45, 2.75) is 17.2 Å². The lowest BCUT2D eigenvalue weighted by atomic mass is 10.3. The SMILES string of the molecule is Cc1nn(C)c(SC2COC2)c1C(=O)O. The van der Waals surface area contributed by atoms with Gasteiger partial charge in [0.05, 0.1) is 24.2 Å². The minimum Gasteiger partial charge on any atom is -0.478 e. The van der Waals surface area contributed by atoms with Crippen LogP contribution < -0.4 is 0 Å². The molecule has 1 aromatic rings. The Hall–Kier alpha value is -1.01. The molecule has 0 amide bonds. The second-order valence-corrected chi connectivity index (χ2v) is 4.76. The molecule has 1 N–H and O–H groups in total. The van der Waals surface area contributed by atoms with Crippen molar-refractivity contribution in [1.29, 1.82) is 0 Å². The first-order chi connectivity index (χ1) is 7.09. The number of thioether (sulfide) groups is 1. The van der Waals surface area contributed by atoms with Gasteiger partial charge in [0.25, 0.3) is 0 Å². The molecule has 0 saturated carbocycles. The zero-order valence-electron chi connectivity index (χ0n) is 8.56. The molecule has 0 spiro atoms. The van der Waals surface area contributed by atoms with Gasteiger partial charge in [-0.2, -0.15) is 5.10 Å². The van der Waals surface area contributed by atoms with Crippen molar-refractivity contribution >= 4 is 17.7 Å². The molecule has 2 rings (SSSR count). The number of aryl methyl sites for hydroxylation is 2. The summed E-state index contributed by atoms with van der Waals surface area (Å²) in [5.74, 6) is -0.914. The normalized spacial score (nSPS) is 16.4. The van der Waals surface area contributed by atoms with Crippen LogP contribution in [0.4, 0.5) is 0 Å². The van der Waals surface area contributed by atoms with E-state index in [1.807, 2.05) is 0 Å². The largest absolute Gasteiger partial charge is 0.478 e. The molecular weight excluding hydrogens is 216 g/mol. The number of rotatable bonds is 3. The molecule has 82 valence electrons. The Morgan fingerprint density at radius 2 is 2.33 bits per heavy atom. The zero-order chi connectivity index (χ0) is 11.0. The maximum absolute atomic E-state index is 11.0. The van der Waals surface area contributed by atoms with E-state index < -0.39 is 5.97 Å². The number of carboxylic acid groups (broad SMARTS) is 1. The van der Waals surface area contributed by atoms with Crippen molar-refractivity contribution in [1.82, 2.24) is 9.78 Å². The van der Waals surface area contributed by atoms with Gasteiger partial charge in [-0.25, -0.2) is 4.79 Å². The number of carboxylic acids is 1. The van der Waals surface area contributed by atoms with Crippen molar-refractivity contribution in [2.24, 2.45) is 7.05 Å². The van der Waals surface area contributed by atoms with Gasteiger partial charge >= 0.3 is 5.97 Å². The first-order valence-corrected chi connectivity index (χ1v) is 5.49. The van der Waals surface area contributed by atoms with Gasteiger partial charge in [0.1, 0.15) is 10.6 Å². The van der Waals surface area contributed by atoms with Gasteiger partial charge in [0, 0.05) is 7.05 Å². The van der Waals surface area contributed by atoms with Crippen LogP contribution in [0.5, 0.6) is 0 Å². The van der Waals surface area contributed by atoms with Gasteiger partial charge in [-0.3, -0.25) is 4.68 Å². The van der Waals surface area contributed by atoms with Crippen LogP contribution in [0.15, 0.2) is 5.03 Å². The van der Waals surface area contributed by atoms with Gasteiger partial charge in [0.2, 0.25) is 0 Å². The fraction of sp³-hybridized carbons (Fsp3) is 0.556. The van der Waals surface area contributed by atoms with Crippen LogP contribution in [0.25, 0.3) is 0 Å². The fourth-order valence-electron chi connectivity index (χ4n) is 1.46. The zero-order valence-corrected chi connectivity index (χ0v) is 9.37. The molecule has 2 heterocycles. The summed E-state index contributed by atoms with van der Waals surface area (Å²) in [7, 11) is 1.77. The third-order valence-corrected chi connectivity index (χ3v) is 3.57. The van der Waals surface area contributed by atoms with Crippen molar-refractivity contribution in [2.75, 3.05) is 13.2 Å². The maximum atomic E-state index is 11.0. The molecule has 0 unspecified atom stereocenters. The summed E-state index contributed by atoms with van der Waals surface area (Å²) < 4.78 is 6.68. The van der Waals surface area contributed by atoms with E-state index in [-0.39, 0.29) is 0 Å². The van der Waals surface area contributed by atoms with Crippen LogP contribution in [0.1, 0.15) is 16.1 Å². The molecule has 1 fully saturated rings. The van der Waals surface area contributed by atoms with Gasteiger partial charge in [-0.15, -0.1) is 0 Å². The summed E-state index contributed by atoms with van der Waals surface area (Å²) in [5, 5.41) is 14.3. The molecule has 1 aromatic heterocycles. The summed E-state index contributed by atoms with van der Waals surface area (Å²) >= 11 is 1.53. The summed E-state index contributed by atoms with van der Waals surface area (Å²) in [4.78, 5) is 11.0. The molecule has 6 heteroatoms. The predicted octanol–water partition coefficient (Wildman–Crippen LogP) is 0.918.